The minimum absolute atomic E-state index is 0.161. The minimum atomic E-state index is -0.161. The monoisotopic (exact) mass is 269 g/mol. The Bertz CT molecular complexity index is 585. The van der Waals surface area contributed by atoms with E-state index in [9.17, 15) is 4.39 Å². The Kier molecular flexibility index (Phi) is 3.83. The molecule has 1 aliphatic carbocycles. The Labute approximate surface area is 119 Å². The molecular weight excluding hydrogens is 249 g/mol. The zero-order chi connectivity index (χ0) is 13.9. The molecule has 0 unspecified atom stereocenters. The van der Waals surface area contributed by atoms with Gasteiger partial charge in [0.05, 0.1) is 0 Å². The van der Waals surface area contributed by atoms with Gasteiger partial charge in [-0.05, 0) is 53.6 Å². The number of benzene rings is 2. The smallest absolute Gasteiger partial charge is 0.123 e. The maximum Gasteiger partial charge on any atom is 0.123 e. The first-order valence-corrected chi connectivity index (χ1v) is 7.37. The van der Waals surface area contributed by atoms with Gasteiger partial charge in [-0.2, -0.15) is 0 Å². The number of rotatable bonds is 5. The number of halogens is 1. The van der Waals surface area contributed by atoms with Crippen molar-refractivity contribution in [2.75, 3.05) is 0 Å². The standard InChI is InChI=1S/C18H20FN/c1-2-13-3-5-14(6-4-13)18-10-7-16(19)11-15(18)12-20-17-8-9-17/h3-7,10-11,17,20H,2,8-9,12H2,1H3. The third-order valence-corrected chi connectivity index (χ3v) is 3.90. The fourth-order valence-electron chi connectivity index (χ4n) is 2.45. The predicted octanol–water partition coefficient (Wildman–Crippen LogP) is 4.31. The number of aryl methyl sites for hydroxylation is 1. The fraction of sp³-hybridized carbons (Fsp3) is 0.333. The lowest BCUT2D eigenvalue weighted by Crippen LogP contribution is -2.16. The van der Waals surface area contributed by atoms with Crippen LogP contribution in [0.15, 0.2) is 42.5 Å². The van der Waals surface area contributed by atoms with Crippen molar-refractivity contribution in [2.24, 2.45) is 0 Å². The Morgan fingerprint density at radius 1 is 1.10 bits per heavy atom. The van der Waals surface area contributed by atoms with E-state index in [2.05, 4.69) is 36.5 Å². The molecule has 1 saturated carbocycles. The van der Waals surface area contributed by atoms with Gasteiger partial charge in [0.15, 0.2) is 0 Å². The topological polar surface area (TPSA) is 12.0 Å². The molecule has 0 saturated heterocycles. The van der Waals surface area contributed by atoms with Gasteiger partial charge in [0, 0.05) is 12.6 Å². The van der Waals surface area contributed by atoms with Gasteiger partial charge in [-0.1, -0.05) is 37.3 Å². The van der Waals surface area contributed by atoms with E-state index in [-0.39, 0.29) is 5.82 Å². The molecule has 3 rings (SSSR count). The number of hydrogen-bond acceptors (Lipinski definition) is 1. The molecule has 2 aromatic rings. The van der Waals surface area contributed by atoms with Crippen molar-refractivity contribution >= 4 is 0 Å². The number of hydrogen-bond donors (Lipinski definition) is 1. The van der Waals surface area contributed by atoms with Crippen molar-refractivity contribution < 1.29 is 4.39 Å². The second-order valence-electron chi connectivity index (χ2n) is 5.51. The van der Waals surface area contributed by atoms with Crippen LogP contribution in [0, 0.1) is 5.82 Å². The molecule has 0 aliphatic heterocycles. The maximum atomic E-state index is 13.5. The summed E-state index contributed by atoms with van der Waals surface area (Å²) in [7, 11) is 0. The van der Waals surface area contributed by atoms with Crippen LogP contribution in [0.4, 0.5) is 4.39 Å². The predicted molar refractivity (Wildman–Crippen MR) is 81.1 cm³/mol. The number of nitrogens with one attached hydrogen (secondary N) is 1. The summed E-state index contributed by atoms with van der Waals surface area (Å²) in [5, 5.41) is 3.47. The van der Waals surface area contributed by atoms with E-state index in [1.54, 1.807) is 12.1 Å². The molecule has 0 radical (unpaired) electrons. The third-order valence-electron chi connectivity index (χ3n) is 3.90. The van der Waals surface area contributed by atoms with Gasteiger partial charge in [0.1, 0.15) is 5.82 Å². The highest BCUT2D eigenvalue weighted by Gasteiger charge is 2.20. The fourth-order valence-corrected chi connectivity index (χ4v) is 2.45. The molecule has 0 spiro atoms. The molecule has 2 aromatic carbocycles. The van der Waals surface area contributed by atoms with Gasteiger partial charge in [-0.3, -0.25) is 0 Å². The minimum Gasteiger partial charge on any atom is -0.310 e. The Morgan fingerprint density at radius 3 is 2.50 bits per heavy atom. The summed E-state index contributed by atoms with van der Waals surface area (Å²) < 4.78 is 13.5. The zero-order valence-electron chi connectivity index (χ0n) is 11.8. The van der Waals surface area contributed by atoms with Crippen LogP contribution in [0.1, 0.15) is 30.9 Å². The molecule has 1 fully saturated rings. The Hall–Kier alpha value is -1.67. The van der Waals surface area contributed by atoms with Crippen LogP contribution in [-0.4, -0.2) is 6.04 Å². The molecule has 1 nitrogen and oxygen atoms in total. The van der Waals surface area contributed by atoms with Crippen LogP contribution in [0.2, 0.25) is 0 Å². The largest absolute Gasteiger partial charge is 0.310 e. The highest BCUT2D eigenvalue weighted by molar-refractivity contribution is 5.67. The molecule has 20 heavy (non-hydrogen) atoms. The van der Waals surface area contributed by atoms with Crippen LogP contribution < -0.4 is 5.32 Å². The molecule has 0 heterocycles. The van der Waals surface area contributed by atoms with Crippen molar-refractivity contribution in [1.82, 2.24) is 5.32 Å². The second kappa shape index (κ2) is 5.76. The van der Waals surface area contributed by atoms with Crippen molar-refractivity contribution in [3.8, 4) is 11.1 Å². The second-order valence-corrected chi connectivity index (χ2v) is 5.51. The van der Waals surface area contributed by atoms with E-state index in [4.69, 9.17) is 0 Å². The molecule has 0 atom stereocenters. The maximum absolute atomic E-state index is 13.5. The lowest BCUT2D eigenvalue weighted by molar-refractivity contribution is 0.620. The van der Waals surface area contributed by atoms with Crippen LogP contribution in [0.5, 0.6) is 0 Å². The van der Waals surface area contributed by atoms with Crippen molar-refractivity contribution in [3.05, 3.63) is 59.4 Å². The van der Waals surface area contributed by atoms with Crippen molar-refractivity contribution in [3.63, 3.8) is 0 Å². The molecule has 0 aromatic heterocycles. The zero-order valence-corrected chi connectivity index (χ0v) is 11.8. The van der Waals surface area contributed by atoms with Gasteiger partial charge in [-0.25, -0.2) is 4.39 Å². The highest BCUT2D eigenvalue weighted by atomic mass is 19.1. The molecule has 104 valence electrons. The van der Waals surface area contributed by atoms with Gasteiger partial charge >= 0.3 is 0 Å². The average molecular weight is 269 g/mol. The summed E-state index contributed by atoms with van der Waals surface area (Å²) in [5.41, 5.74) is 4.66. The summed E-state index contributed by atoms with van der Waals surface area (Å²) in [5.74, 6) is -0.161. The molecule has 1 N–H and O–H groups in total. The van der Waals surface area contributed by atoms with Crippen LogP contribution in [-0.2, 0) is 13.0 Å². The van der Waals surface area contributed by atoms with E-state index in [0.29, 0.717) is 6.04 Å². The van der Waals surface area contributed by atoms with Crippen LogP contribution >= 0.6 is 0 Å². The summed E-state index contributed by atoms with van der Waals surface area (Å²) in [6.45, 7) is 2.89. The first-order valence-electron chi connectivity index (χ1n) is 7.37. The Balaban J connectivity index is 1.89. The van der Waals surface area contributed by atoms with E-state index in [1.165, 1.54) is 18.4 Å². The van der Waals surface area contributed by atoms with E-state index in [0.717, 1.165) is 29.7 Å². The summed E-state index contributed by atoms with van der Waals surface area (Å²) in [6, 6.07) is 14.3. The normalized spacial score (nSPS) is 14.5. The van der Waals surface area contributed by atoms with Crippen LogP contribution in [0.3, 0.4) is 0 Å². The van der Waals surface area contributed by atoms with E-state index < -0.39 is 0 Å². The van der Waals surface area contributed by atoms with Crippen molar-refractivity contribution in [1.29, 1.82) is 0 Å². The lowest BCUT2D eigenvalue weighted by atomic mass is 9.98. The van der Waals surface area contributed by atoms with Gasteiger partial charge < -0.3 is 5.32 Å². The van der Waals surface area contributed by atoms with E-state index in [1.807, 2.05) is 6.07 Å². The first-order chi connectivity index (χ1) is 9.76. The lowest BCUT2D eigenvalue weighted by Gasteiger charge is -2.11. The van der Waals surface area contributed by atoms with Gasteiger partial charge in [-0.15, -0.1) is 0 Å². The van der Waals surface area contributed by atoms with Gasteiger partial charge in [0.2, 0.25) is 0 Å². The molecule has 2 heteroatoms. The summed E-state index contributed by atoms with van der Waals surface area (Å²) in [6.07, 6.45) is 3.53. The van der Waals surface area contributed by atoms with E-state index >= 15 is 0 Å². The average Bonchev–Trinajstić information content (AvgIpc) is 3.30. The summed E-state index contributed by atoms with van der Waals surface area (Å²) >= 11 is 0. The van der Waals surface area contributed by atoms with Crippen LogP contribution in [0.25, 0.3) is 11.1 Å². The van der Waals surface area contributed by atoms with Gasteiger partial charge in [0.25, 0.3) is 0 Å². The molecule has 0 amide bonds. The molecule has 1 aliphatic rings. The first kappa shape index (κ1) is 13.3. The highest BCUT2D eigenvalue weighted by Crippen LogP contribution is 2.26. The SMILES string of the molecule is CCc1ccc(-c2ccc(F)cc2CNC2CC2)cc1. The molecular formula is C18H20FN. The molecule has 0 bridgehead atoms. The quantitative estimate of drug-likeness (QED) is 0.853. The third kappa shape index (κ3) is 3.07. The Morgan fingerprint density at radius 2 is 1.85 bits per heavy atom. The van der Waals surface area contributed by atoms with Crippen molar-refractivity contribution in [2.45, 2.75) is 38.8 Å². The summed E-state index contributed by atoms with van der Waals surface area (Å²) in [4.78, 5) is 0.